The van der Waals surface area contributed by atoms with E-state index in [-0.39, 0.29) is 19.1 Å². The molecule has 0 fully saturated rings. The van der Waals surface area contributed by atoms with Crippen molar-refractivity contribution in [3.8, 4) is 0 Å². The molecule has 1 heterocycles. The number of carbonyl (C=O) groups is 3. The zero-order valence-corrected chi connectivity index (χ0v) is 11.9. The summed E-state index contributed by atoms with van der Waals surface area (Å²) in [5, 5.41) is 2.66. The molecule has 1 aliphatic rings. The van der Waals surface area contributed by atoms with Crippen LogP contribution in [0, 0.1) is 5.92 Å². The number of ether oxygens (including phenoxy) is 2. The van der Waals surface area contributed by atoms with Crippen molar-refractivity contribution in [2.75, 3.05) is 13.2 Å². The van der Waals surface area contributed by atoms with E-state index in [1.165, 1.54) is 0 Å². The van der Waals surface area contributed by atoms with Crippen LogP contribution in [0.3, 0.4) is 0 Å². The highest BCUT2D eigenvalue weighted by molar-refractivity contribution is 6.03. The summed E-state index contributed by atoms with van der Waals surface area (Å²) < 4.78 is 9.89. The van der Waals surface area contributed by atoms with E-state index >= 15 is 0 Å². The molecule has 0 saturated carbocycles. The molecule has 112 valence electrons. The third-order valence-electron chi connectivity index (χ3n) is 3.24. The van der Waals surface area contributed by atoms with Crippen LogP contribution in [0.15, 0.2) is 24.3 Å². The van der Waals surface area contributed by atoms with E-state index in [0.29, 0.717) is 11.1 Å². The van der Waals surface area contributed by atoms with Crippen molar-refractivity contribution in [1.82, 2.24) is 5.32 Å². The number of benzene rings is 1. The highest BCUT2D eigenvalue weighted by Gasteiger charge is 2.43. The predicted molar refractivity (Wildman–Crippen MR) is 73.4 cm³/mol. The molecule has 0 aliphatic carbocycles. The molecule has 1 amide bonds. The zero-order valence-electron chi connectivity index (χ0n) is 11.9. The van der Waals surface area contributed by atoms with E-state index in [0.717, 1.165) is 0 Å². The number of carbonyl (C=O) groups excluding carboxylic acids is 3. The second kappa shape index (κ2) is 6.39. The molecule has 6 nitrogen and oxygen atoms in total. The van der Waals surface area contributed by atoms with E-state index in [9.17, 15) is 14.4 Å². The Labute approximate surface area is 122 Å². The predicted octanol–water partition coefficient (Wildman–Crippen LogP) is 1.21. The van der Waals surface area contributed by atoms with Gasteiger partial charge in [0.15, 0.2) is 5.92 Å². The van der Waals surface area contributed by atoms with Gasteiger partial charge in [0.05, 0.1) is 19.3 Å². The molecule has 6 heteroatoms. The molecule has 1 aromatic rings. The van der Waals surface area contributed by atoms with E-state index < -0.39 is 23.9 Å². The van der Waals surface area contributed by atoms with Crippen molar-refractivity contribution < 1.29 is 23.9 Å². The van der Waals surface area contributed by atoms with E-state index in [1.54, 1.807) is 38.1 Å². The Hall–Kier alpha value is -2.37. The fourth-order valence-electron chi connectivity index (χ4n) is 2.37. The highest BCUT2D eigenvalue weighted by Crippen LogP contribution is 2.32. The second-order valence-corrected chi connectivity index (χ2v) is 4.52. The molecule has 1 aromatic carbocycles. The van der Waals surface area contributed by atoms with Crippen molar-refractivity contribution in [2.45, 2.75) is 19.9 Å². The van der Waals surface area contributed by atoms with E-state index in [1.807, 2.05) is 0 Å². The molecular formula is C15H17NO5. The third-order valence-corrected chi connectivity index (χ3v) is 3.24. The lowest BCUT2D eigenvalue weighted by Crippen LogP contribution is -2.38. The molecule has 1 aliphatic heterocycles. The lowest BCUT2D eigenvalue weighted by atomic mass is 9.93. The van der Waals surface area contributed by atoms with Crippen LogP contribution in [0.1, 0.15) is 35.8 Å². The van der Waals surface area contributed by atoms with Crippen molar-refractivity contribution in [3.63, 3.8) is 0 Å². The Balaban J connectivity index is 2.36. The summed E-state index contributed by atoms with van der Waals surface area (Å²) in [7, 11) is 0. The lowest BCUT2D eigenvalue weighted by Gasteiger charge is -2.21. The Bertz CT molecular complexity index is 551. The maximum Gasteiger partial charge on any atom is 0.322 e. The van der Waals surface area contributed by atoms with Crippen LogP contribution in [-0.4, -0.2) is 31.1 Å². The van der Waals surface area contributed by atoms with Crippen LogP contribution < -0.4 is 5.32 Å². The van der Waals surface area contributed by atoms with Crippen molar-refractivity contribution >= 4 is 17.8 Å². The summed E-state index contributed by atoms with van der Waals surface area (Å²) in [6.07, 6.45) is 0. The lowest BCUT2D eigenvalue weighted by molar-refractivity contribution is -0.163. The first-order valence-corrected chi connectivity index (χ1v) is 6.83. The van der Waals surface area contributed by atoms with Gasteiger partial charge in [-0.3, -0.25) is 14.4 Å². The number of amides is 1. The van der Waals surface area contributed by atoms with Crippen LogP contribution in [0.4, 0.5) is 0 Å². The van der Waals surface area contributed by atoms with Crippen molar-refractivity contribution in [1.29, 1.82) is 0 Å². The van der Waals surface area contributed by atoms with Crippen LogP contribution >= 0.6 is 0 Å². The van der Waals surface area contributed by atoms with Gasteiger partial charge in [-0.25, -0.2) is 0 Å². The Morgan fingerprint density at radius 2 is 1.71 bits per heavy atom. The molecule has 1 atom stereocenters. The fourth-order valence-corrected chi connectivity index (χ4v) is 2.37. The van der Waals surface area contributed by atoms with E-state index in [4.69, 9.17) is 9.47 Å². The van der Waals surface area contributed by atoms with Gasteiger partial charge in [0, 0.05) is 5.56 Å². The van der Waals surface area contributed by atoms with Crippen LogP contribution in [0.2, 0.25) is 0 Å². The maximum atomic E-state index is 12.1. The minimum absolute atomic E-state index is 0.150. The number of fused-ring (bicyclic) bond motifs is 1. The SMILES string of the molecule is CCOC(=O)C(C(=O)OCC)C1NC(=O)c2ccccc21. The van der Waals surface area contributed by atoms with E-state index in [2.05, 4.69) is 5.32 Å². The van der Waals surface area contributed by atoms with Gasteiger partial charge in [-0.05, 0) is 25.5 Å². The van der Waals surface area contributed by atoms with Gasteiger partial charge >= 0.3 is 11.9 Å². The molecule has 1 unspecified atom stereocenters. The summed E-state index contributed by atoms with van der Waals surface area (Å²) in [6, 6.07) is 6.08. The van der Waals surface area contributed by atoms with Crippen LogP contribution in [0.25, 0.3) is 0 Å². The first-order valence-electron chi connectivity index (χ1n) is 6.83. The van der Waals surface area contributed by atoms with Gasteiger partial charge in [0.2, 0.25) is 0 Å². The smallest absolute Gasteiger partial charge is 0.322 e. The number of nitrogens with one attached hydrogen (secondary N) is 1. The molecular weight excluding hydrogens is 274 g/mol. The zero-order chi connectivity index (χ0) is 15.4. The Kier molecular flexibility index (Phi) is 4.57. The molecule has 0 radical (unpaired) electrons. The van der Waals surface area contributed by atoms with Gasteiger partial charge in [-0.2, -0.15) is 0 Å². The molecule has 1 N–H and O–H groups in total. The standard InChI is InChI=1S/C15H17NO5/c1-3-20-14(18)11(15(19)21-4-2)12-9-7-5-6-8-10(9)13(17)16-12/h5-8,11-12H,3-4H2,1-2H3,(H,16,17). The fraction of sp³-hybridized carbons (Fsp3) is 0.400. The second-order valence-electron chi connectivity index (χ2n) is 4.52. The Morgan fingerprint density at radius 1 is 1.14 bits per heavy atom. The number of esters is 2. The largest absolute Gasteiger partial charge is 0.465 e. The molecule has 0 bridgehead atoms. The molecule has 21 heavy (non-hydrogen) atoms. The minimum atomic E-state index is -1.20. The van der Waals surface area contributed by atoms with Crippen LogP contribution in [0.5, 0.6) is 0 Å². The molecule has 0 spiro atoms. The first-order chi connectivity index (χ1) is 10.1. The normalized spacial score (nSPS) is 16.3. The molecule has 2 rings (SSSR count). The van der Waals surface area contributed by atoms with Crippen molar-refractivity contribution in [2.24, 2.45) is 5.92 Å². The van der Waals surface area contributed by atoms with Crippen LogP contribution in [-0.2, 0) is 19.1 Å². The molecule has 0 aromatic heterocycles. The first kappa shape index (κ1) is 15.0. The third kappa shape index (κ3) is 2.89. The monoisotopic (exact) mass is 291 g/mol. The highest BCUT2D eigenvalue weighted by atomic mass is 16.6. The maximum absolute atomic E-state index is 12.1. The summed E-state index contributed by atoms with van der Waals surface area (Å²) in [4.78, 5) is 36.1. The van der Waals surface area contributed by atoms with Gasteiger partial charge in [0.25, 0.3) is 5.91 Å². The summed E-state index contributed by atoms with van der Waals surface area (Å²) in [5.41, 5.74) is 1.06. The molecule has 0 saturated heterocycles. The average molecular weight is 291 g/mol. The quantitative estimate of drug-likeness (QED) is 0.651. The minimum Gasteiger partial charge on any atom is -0.465 e. The summed E-state index contributed by atoms with van der Waals surface area (Å²) >= 11 is 0. The number of hydrogen-bond donors (Lipinski definition) is 1. The average Bonchev–Trinajstić information content (AvgIpc) is 2.78. The topological polar surface area (TPSA) is 81.7 Å². The number of hydrogen-bond acceptors (Lipinski definition) is 5. The van der Waals surface area contributed by atoms with Gasteiger partial charge < -0.3 is 14.8 Å². The summed E-state index contributed by atoms with van der Waals surface area (Å²) in [5.74, 6) is -2.90. The van der Waals surface area contributed by atoms with Gasteiger partial charge in [0.1, 0.15) is 0 Å². The van der Waals surface area contributed by atoms with Gasteiger partial charge in [-0.1, -0.05) is 18.2 Å². The number of rotatable bonds is 5. The summed E-state index contributed by atoms with van der Waals surface area (Å²) in [6.45, 7) is 3.61. The Morgan fingerprint density at radius 3 is 2.29 bits per heavy atom. The van der Waals surface area contributed by atoms with Gasteiger partial charge in [-0.15, -0.1) is 0 Å². The van der Waals surface area contributed by atoms with Crippen molar-refractivity contribution in [3.05, 3.63) is 35.4 Å².